The molecule has 1 aliphatic heterocycles. The van der Waals surface area contributed by atoms with Crippen LogP contribution in [-0.4, -0.2) is 49.2 Å². The summed E-state index contributed by atoms with van der Waals surface area (Å²) in [4.78, 5) is 14.3. The van der Waals surface area contributed by atoms with Gasteiger partial charge in [-0.3, -0.25) is 4.79 Å². The third-order valence-corrected chi connectivity index (χ3v) is 4.63. The van der Waals surface area contributed by atoms with Crippen molar-refractivity contribution in [3.63, 3.8) is 0 Å². The average Bonchev–Trinajstić information content (AvgIpc) is 3.32. The smallest absolute Gasteiger partial charge is 0.228 e. The minimum atomic E-state index is 0. The van der Waals surface area contributed by atoms with Crippen molar-refractivity contribution in [1.29, 1.82) is 0 Å². The lowest BCUT2D eigenvalue weighted by molar-refractivity contribution is -0.134. The zero-order chi connectivity index (χ0) is 13.2. The molecular weight excluding hydrogens is 276 g/mol. The summed E-state index contributed by atoms with van der Waals surface area (Å²) in [6.07, 6.45) is 6.19. The molecule has 5 heteroatoms. The first kappa shape index (κ1) is 16.1. The van der Waals surface area contributed by atoms with Gasteiger partial charge in [-0.15, -0.1) is 12.4 Å². The van der Waals surface area contributed by atoms with Gasteiger partial charge in [0.1, 0.15) is 0 Å². The molecule has 1 N–H and O–H groups in total. The second kappa shape index (κ2) is 7.10. The number of piperidine rings is 1. The van der Waals surface area contributed by atoms with Crippen LogP contribution in [0.3, 0.4) is 0 Å². The minimum Gasteiger partial charge on any atom is -0.378 e. The quantitative estimate of drug-likeness (QED) is 0.814. The highest BCUT2D eigenvalue weighted by atomic mass is 35.5. The molecule has 116 valence electrons. The molecule has 0 bridgehead atoms. The van der Waals surface area contributed by atoms with Crippen LogP contribution in [0, 0.1) is 11.8 Å². The van der Waals surface area contributed by atoms with Gasteiger partial charge in [-0.2, -0.15) is 0 Å². The maximum atomic E-state index is 12.3. The van der Waals surface area contributed by atoms with Crippen LogP contribution in [0.15, 0.2) is 0 Å². The Labute approximate surface area is 128 Å². The van der Waals surface area contributed by atoms with Gasteiger partial charge >= 0.3 is 0 Å². The highest BCUT2D eigenvalue weighted by Gasteiger charge is 2.46. The molecule has 3 rings (SSSR count). The molecule has 4 nitrogen and oxygen atoms in total. The molecule has 0 spiro atoms. The number of carbonyl (C=O) groups is 1. The summed E-state index contributed by atoms with van der Waals surface area (Å²) in [5, 5.41) is 3.65. The number of hydrogen-bond donors (Lipinski definition) is 1. The second-order valence-corrected chi connectivity index (χ2v) is 6.29. The van der Waals surface area contributed by atoms with Gasteiger partial charge in [0.05, 0.1) is 12.0 Å². The summed E-state index contributed by atoms with van der Waals surface area (Å²) >= 11 is 0. The summed E-state index contributed by atoms with van der Waals surface area (Å²) in [5.74, 6) is 1.44. The minimum absolute atomic E-state index is 0. The molecule has 1 heterocycles. The third-order valence-electron chi connectivity index (χ3n) is 4.63. The van der Waals surface area contributed by atoms with Gasteiger partial charge in [-0.1, -0.05) is 0 Å². The standard InChI is InChI=1S/C15H26N2O2.ClH/c1-2-19-14-9-13(14)15(18)17-7-5-12(6-8-17)16-10-11-3-4-11;/h11-14,16H,2-10H2,1H3;1H. The molecule has 0 aromatic heterocycles. The predicted molar refractivity (Wildman–Crippen MR) is 81.1 cm³/mol. The maximum Gasteiger partial charge on any atom is 0.228 e. The molecule has 1 amide bonds. The van der Waals surface area contributed by atoms with E-state index in [9.17, 15) is 4.79 Å². The first-order valence-corrected chi connectivity index (χ1v) is 7.91. The Hall–Kier alpha value is -0.320. The van der Waals surface area contributed by atoms with E-state index in [2.05, 4.69) is 10.2 Å². The van der Waals surface area contributed by atoms with Crippen LogP contribution < -0.4 is 5.32 Å². The summed E-state index contributed by atoms with van der Waals surface area (Å²) in [6, 6.07) is 0.631. The molecule has 20 heavy (non-hydrogen) atoms. The number of hydrogen-bond acceptors (Lipinski definition) is 3. The lowest BCUT2D eigenvalue weighted by Crippen LogP contribution is -2.46. The van der Waals surface area contributed by atoms with Crippen LogP contribution in [-0.2, 0) is 9.53 Å². The van der Waals surface area contributed by atoms with Crippen molar-refractivity contribution in [2.45, 2.75) is 51.2 Å². The zero-order valence-electron chi connectivity index (χ0n) is 12.3. The van der Waals surface area contributed by atoms with Crippen molar-refractivity contribution in [2.24, 2.45) is 11.8 Å². The van der Waals surface area contributed by atoms with Gasteiger partial charge in [-0.25, -0.2) is 0 Å². The number of halogens is 1. The van der Waals surface area contributed by atoms with Crippen molar-refractivity contribution in [2.75, 3.05) is 26.2 Å². The molecule has 0 aromatic rings. The Morgan fingerprint density at radius 1 is 1.25 bits per heavy atom. The summed E-state index contributed by atoms with van der Waals surface area (Å²) in [5.41, 5.74) is 0. The molecule has 3 aliphatic rings. The molecule has 2 atom stereocenters. The van der Waals surface area contributed by atoms with Crippen LogP contribution in [0.1, 0.15) is 39.0 Å². The fraction of sp³-hybridized carbons (Fsp3) is 0.933. The van der Waals surface area contributed by atoms with E-state index in [0.717, 1.165) is 44.9 Å². The molecular formula is C15H27ClN2O2. The Morgan fingerprint density at radius 2 is 1.95 bits per heavy atom. The molecule has 0 radical (unpaired) electrons. The summed E-state index contributed by atoms with van der Waals surface area (Å²) < 4.78 is 5.51. The van der Waals surface area contributed by atoms with Crippen molar-refractivity contribution in [1.82, 2.24) is 10.2 Å². The Kier molecular flexibility index (Phi) is 5.70. The number of nitrogens with zero attached hydrogens (tertiary/aromatic N) is 1. The number of amides is 1. The van der Waals surface area contributed by atoms with Gasteiger partial charge in [-0.05, 0) is 51.5 Å². The van der Waals surface area contributed by atoms with Crippen LogP contribution >= 0.6 is 12.4 Å². The Morgan fingerprint density at radius 3 is 2.55 bits per heavy atom. The van der Waals surface area contributed by atoms with E-state index in [-0.39, 0.29) is 24.4 Å². The lowest BCUT2D eigenvalue weighted by atomic mass is 10.0. The highest BCUT2D eigenvalue weighted by Crippen LogP contribution is 2.36. The average molecular weight is 303 g/mol. The van der Waals surface area contributed by atoms with Crippen molar-refractivity contribution in [3.8, 4) is 0 Å². The maximum absolute atomic E-state index is 12.3. The van der Waals surface area contributed by atoms with E-state index in [0.29, 0.717) is 11.9 Å². The van der Waals surface area contributed by atoms with Crippen LogP contribution in [0.2, 0.25) is 0 Å². The Balaban J connectivity index is 0.00000147. The lowest BCUT2D eigenvalue weighted by Gasteiger charge is -2.32. The largest absolute Gasteiger partial charge is 0.378 e. The van der Waals surface area contributed by atoms with Crippen molar-refractivity contribution >= 4 is 18.3 Å². The van der Waals surface area contributed by atoms with E-state index in [4.69, 9.17) is 4.74 Å². The zero-order valence-corrected chi connectivity index (χ0v) is 13.2. The Bertz CT molecular complexity index is 328. The van der Waals surface area contributed by atoms with Crippen molar-refractivity contribution in [3.05, 3.63) is 0 Å². The number of nitrogens with one attached hydrogen (secondary N) is 1. The molecule has 2 aliphatic carbocycles. The molecule has 2 saturated carbocycles. The molecule has 2 unspecified atom stereocenters. The summed E-state index contributed by atoms with van der Waals surface area (Å²) in [7, 11) is 0. The number of rotatable bonds is 6. The van der Waals surface area contributed by atoms with Crippen LogP contribution in [0.4, 0.5) is 0 Å². The monoisotopic (exact) mass is 302 g/mol. The second-order valence-electron chi connectivity index (χ2n) is 6.29. The number of likely N-dealkylation sites (tertiary alicyclic amines) is 1. The van der Waals surface area contributed by atoms with Gasteiger partial charge in [0, 0.05) is 25.7 Å². The van der Waals surface area contributed by atoms with E-state index >= 15 is 0 Å². The predicted octanol–water partition coefficient (Wildman–Crippen LogP) is 1.82. The van der Waals surface area contributed by atoms with E-state index < -0.39 is 0 Å². The first-order valence-electron chi connectivity index (χ1n) is 7.91. The first-order chi connectivity index (χ1) is 9.28. The summed E-state index contributed by atoms with van der Waals surface area (Å²) in [6.45, 7) is 5.76. The SMILES string of the molecule is CCOC1CC1C(=O)N1CCC(NCC2CC2)CC1.Cl. The fourth-order valence-corrected chi connectivity index (χ4v) is 3.02. The molecule has 1 saturated heterocycles. The topological polar surface area (TPSA) is 41.6 Å². The van der Waals surface area contributed by atoms with Gasteiger partial charge in [0.25, 0.3) is 0 Å². The van der Waals surface area contributed by atoms with E-state index in [1.165, 1.54) is 19.4 Å². The van der Waals surface area contributed by atoms with Gasteiger partial charge in [0.2, 0.25) is 5.91 Å². The van der Waals surface area contributed by atoms with Gasteiger partial charge in [0.15, 0.2) is 0 Å². The van der Waals surface area contributed by atoms with Crippen molar-refractivity contribution < 1.29 is 9.53 Å². The number of carbonyl (C=O) groups excluding carboxylic acids is 1. The third kappa shape index (κ3) is 4.09. The van der Waals surface area contributed by atoms with Gasteiger partial charge < -0.3 is 15.0 Å². The molecule has 0 aromatic carbocycles. The van der Waals surface area contributed by atoms with Crippen LogP contribution in [0.25, 0.3) is 0 Å². The highest BCUT2D eigenvalue weighted by molar-refractivity contribution is 5.85. The van der Waals surface area contributed by atoms with Crippen LogP contribution in [0.5, 0.6) is 0 Å². The van der Waals surface area contributed by atoms with E-state index in [1.54, 1.807) is 0 Å². The fourth-order valence-electron chi connectivity index (χ4n) is 3.02. The molecule has 3 fully saturated rings. The van der Waals surface area contributed by atoms with E-state index in [1.807, 2.05) is 6.92 Å². The number of ether oxygens (including phenoxy) is 1. The normalized spacial score (nSPS) is 29.9.